The van der Waals surface area contributed by atoms with Gasteiger partial charge in [-0.3, -0.25) is 0 Å². The monoisotopic (exact) mass is 249 g/mol. The summed E-state index contributed by atoms with van der Waals surface area (Å²) < 4.78 is 5.43. The van der Waals surface area contributed by atoms with E-state index in [-0.39, 0.29) is 0 Å². The van der Waals surface area contributed by atoms with Crippen LogP contribution in [0.1, 0.15) is 31.7 Å². The van der Waals surface area contributed by atoms with Gasteiger partial charge in [0, 0.05) is 18.7 Å². The van der Waals surface area contributed by atoms with Gasteiger partial charge in [-0.2, -0.15) is 0 Å². The van der Waals surface area contributed by atoms with Crippen LogP contribution >= 0.6 is 12.2 Å². The van der Waals surface area contributed by atoms with Crippen LogP contribution in [-0.2, 0) is 0 Å². The second kappa shape index (κ2) is 6.01. The van der Waals surface area contributed by atoms with E-state index in [0.717, 1.165) is 29.4 Å². The van der Waals surface area contributed by atoms with E-state index in [1.54, 1.807) is 0 Å². The first kappa shape index (κ1) is 12.4. The fourth-order valence-corrected chi connectivity index (χ4v) is 2.46. The molecule has 1 aliphatic heterocycles. The summed E-state index contributed by atoms with van der Waals surface area (Å²) in [6.45, 7) is 4.90. The maximum absolute atomic E-state index is 5.53. The molecule has 1 heterocycles. The second-order valence-corrected chi connectivity index (χ2v) is 4.70. The SMILES string of the molecule is CCOc1ccc(C(=S)N2CCCCC2)cc1. The second-order valence-electron chi connectivity index (χ2n) is 4.31. The number of rotatable bonds is 3. The fraction of sp³-hybridized carbons (Fsp3) is 0.500. The van der Waals surface area contributed by atoms with E-state index in [2.05, 4.69) is 17.0 Å². The van der Waals surface area contributed by atoms with Gasteiger partial charge in [0.2, 0.25) is 0 Å². The molecule has 1 aliphatic rings. The Morgan fingerprint density at radius 1 is 1.18 bits per heavy atom. The Morgan fingerprint density at radius 2 is 1.82 bits per heavy atom. The number of thiocarbonyl (C=S) groups is 1. The summed E-state index contributed by atoms with van der Waals surface area (Å²) in [6.07, 6.45) is 3.86. The summed E-state index contributed by atoms with van der Waals surface area (Å²) in [5, 5.41) is 0. The van der Waals surface area contributed by atoms with Crippen molar-refractivity contribution in [2.24, 2.45) is 0 Å². The van der Waals surface area contributed by atoms with Crippen LogP contribution in [0.15, 0.2) is 24.3 Å². The molecule has 0 aliphatic carbocycles. The lowest BCUT2D eigenvalue weighted by atomic mass is 10.1. The van der Waals surface area contributed by atoms with Gasteiger partial charge in [-0.25, -0.2) is 0 Å². The smallest absolute Gasteiger partial charge is 0.119 e. The Bertz CT molecular complexity index is 368. The van der Waals surface area contributed by atoms with Crippen LogP contribution in [0.5, 0.6) is 5.75 Å². The Morgan fingerprint density at radius 3 is 2.41 bits per heavy atom. The highest BCUT2D eigenvalue weighted by Crippen LogP contribution is 2.17. The van der Waals surface area contributed by atoms with Crippen LogP contribution in [0.3, 0.4) is 0 Å². The van der Waals surface area contributed by atoms with Crippen molar-refractivity contribution in [2.75, 3.05) is 19.7 Å². The first-order chi connectivity index (χ1) is 8.31. The third kappa shape index (κ3) is 3.19. The van der Waals surface area contributed by atoms with Crippen LogP contribution in [0.25, 0.3) is 0 Å². The van der Waals surface area contributed by atoms with Gasteiger partial charge in [0.1, 0.15) is 10.7 Å². The van der Waals surface area contributed by atoms with Crippen molar-refractivity contribution in [1.82, 2.24) is 4.90 Å². The maximum Gasteiger partial charge on any atom is 0.119 e. The minimum absolute atomic E-state index is 0.704. The third-order valence-electron chi connectivity index (χ3n) is 3.06. The maximum atomic E-state index is 5.53. The van der Waals surface area contributed by atoms with E-state index in [0.29, 0.717) is 6.61 Å². The molecule has 3 heteroatoms. The number of benzene rings is 1. The molecule has 1 saturated heterocycles. The van der Waals surface area contributed by atoms with Crippen molar-refractivity contribution in [1.29, 1.82) is 0 Å². The quantitative estimate of drug-likeness (QED) is 0.763. The lowest BCUT2D eigenvalue weighted by molar-refractivity contribution is 0.340. The predicted octanol–water partition coefficient (Wildman–Crippen LogP) is 3.25. The number of hydrogen-bond acceptors (Lipinski definition) is 2. The summed E-state index contributed by atoms with van der Waals surface area (Å²) in [5.41, 5.74) is 1.13. The van der Waals surface area contributed by atoms with Gasteiger partial charge in [0.25, 0.3) is 0 Å². The van der Waals surface area contributed by atoms with E-state index >= 15 is 0 Å². The average molecular weight is 249 g/mol. The van der Waals surface area contributed by atoms with Crippen LogP contribution < -0.4 is 4.74 Å². The van der Waals surface area contributed by atoms with E-state index in [4.69, 9.17) is 17.0 Å². The van der Waals surface area contributed by atoms with Crippen molar-refractivity contribution in [3.8, 4) is 5.75 Å². The van der Waals surface area contributed by atoms with E-state index in [9.17, 15) is 0 Å². The van der Waals surface area contributed by atoms with Gasteiger partial charge < -0.3 is 9.64 Å². The molecule has 0 bridgehead atoms. The van der Waals surface area contributed by atoms with Crippen molar-refractivity contribution >= 4 is 17.2 Å². The lowest BCUT2D eigenvalue weighted by Gasteiger charge is -2.29. The molecular formula is C14H19NOS. The zero-order valence-electron chi connectivity index (χ0n) is 10.3. The summed E-state index contributed by atoms with van der Waals surface area (Å²) in [7, 11) is 0. The third-order valence-corrected chi connectivity index (χ3v) is 3.55. The molecule has 0 saturated carbocycles. The molecule has 0 N–H and O–H groups in total. The largest absolute Gasteiger partial charge is 0.494 e. The number of nitrogens with zero attached hydrogens (tertiary/aromatic N) is 1. The van der Waals surface area contributed by atoms with Crippen LogP contribution in [0, 0.1) is 0 Å². The predicted molar refractivity (Wildman–Crippen MR) is 74.7 cm³/mol. The van der Waals surface area contributed by atoms with Crippen LogP contribution in [-0.4, -0.2) is 29.6 Å². The highest BCUT2D eigenvalue weighted by Gasteiger charge is 2.14. The zero-order valence-corrected chi connectivity index (χ0v) is 11.1. The zero-order chi connectivity index (χ0) is 12.1. The standard InChI is InChI=1S/C14H19NOS/c1-2-16-13-8-6-12(7-9-13)14(17)15-10-4-3-5-11-15/h6-9H,2-5,10-11H2,1H3. The van der Waals surface area contributed by atoms with Crippen LogP contribution in [0.2, 0.25) is 0 Å². The normalized spacial score (nSPS) is 15.7. The molecule has 0 amide bonds. The first-order valence-corrected chi connectivity index (χ1v) is 6.74. The summed E-state index contributed by atoms with van der Waals surface area (Å²) in [4.78, 5) is 3.29. The number of likely N-dealkylation sites (tertiary alicyclic amines) is 1. The Hall–Kier alpha value is -1.09. The number of ether oxygens (including phenoxy) is 1. The highest BCUT2D eigenvalue weighted by molar-refractivity contribution is 7.80. The molecular weight excluding hydrogens is 230 g/mol. The Kier molecular flexibility index (Phi) is 4.37. The minimum atomic E-state index is 0.704. The van der Waals surface area contributed by atoms with Gasteiger partial charge in [-0.15, -0.1) is 0 Å². The van der Waals surface area contributed by atoms with Crippen molar-refractivity contribution < 1.29 is 4.74 Å². The summed E-state index contributed by atoms with van der Waals surface area (Å²) >= 11 is 5.53. The highest BCUT2D eigenvalue weighted by atomic mass is 32.1. The van der Waals surface area contributed by atoms with E-state index in [1.165, 1.54) is 19.3 Å². The molecule has 0 aromatic heterocycles. The molecule has 2 rings (SSSR count). The van der Waals surface area contributed by atoms with Gasteiger partial charge >= 0.3 is 0 Å². The number of hydrogen-bond donors (Lipinski definition) is 0. The molecule has 0 radical (unpaired) electrons. The molecule has 1 aromatic rings. The Balaban J connectivity index is 2.03. The molecule has 0 spiro atoms. The molecule has 1 aromatic carbocycles. The van der Waals surface area contributed by atoms with E-state index < -0.39 is 0 Å². The average Bonchev–Trinajstić information content (AvgIpc) is 2.40. The van der Waals surface area contributed by atoms with Gasteiger partial charge in [-0.1, -0.05) is 12.2 Å². The van der Waals surface area contributed by atoms with Crippen molar-refractivity contribution in [3.63, 3.8) is 0 Å². The van der Waals surface area contributed by atoms with Crippen molar-refractivity contribution in [2.45, 2.75) is 26.2 Å². The molecule has 0 atom stereocenters. The van der Waals surface area contributed by atoms with Crippen molar-refractivity contribution in [3.05, 3.63) is 29.8 Å². The molecule has 0 unspecified atom stereocenters. The molecule has 92 valence electrons. The van der Waals surface area contributed by atoms with E-state index in [1.807, 2.05) is 19.1 Å². The minimum Gasteiger partial charge on any atom is -0.494 e. The van der Waals surface area contributed by atoms with Gasteiger partial charge in [0.15, 0.2) is 0 Å². The summed E-state index contributed by atoms with van der Waals surface area (Å²) in [6, 6.07) is 8.11. The Labute approximate surface area is 109 Å². The molecule has 17 heavy (non-hydrogen) atoms. The molecule has 1 fully saturated rings. The lowest BCUT2D eigenvalue weighted by Crippen LogP contribution is -2.34. The van der Waals surface area contributed by atoms with Gasteiger partial charge in [0.05, 0.1) is 6.61 Å². The first-order valence-electron chi connectivity index (χ1n) is 6.33. The molecule has 2 nitrogen and oxygen atoms in total. The number of piperidine rings is 1. The van der Waals surface area contributed by atoms with Crippen LogP contribution in [0.4, 0.5) is 0 Å². The topological polar surface area (TPSA) is 12.5 Å². The van der Waals surface area contributed by atoms with Gasteiger partial charge in [-0.05, 0) is 50.5 Å². The summed E-state index contributed by atoms with van der Waals surface area (Å²) in [5.74, 6) is 0.915. The fourth-order valence-electron chi connectivity index (χ4n) is 2.14.